The first-order valence-corrected chi connectivity index (χ1v) is 7.66. The minimum Gasteiger partial charge on any atom is -0.345 e. The Bertz CT molecular complexity index is 719. The fraction of sp³-hybridized carbons (Fsp3) is 0.278. The summed E-state index contributed by atoms with van der Waals surface area (Å²) in [6.45, 7) is 2.03. The summed E-state index contributed by atoms with van der Waals surface area (Å²) in [6, 6.07) is 13.9. The molecule has 2 aromatic rings. The summed E-state index contributed by atoms with van der Waals surface area (Å²) in [5.41, 5.74) is 2.71. The van der Waals surface area contributed by atoms with Gasteiger partial charge in [-0.15, -0.1) is 0 Å². The number of nitro groups is 1. The lowest BCUT2D eigenvalue weighted by molar-refractivity contribution is -0.384. The van der Waals surface area contributed by atoms with Gasteiger partial charge in [-0.05, 0) is 43.4 Å². The molecule has 1 fully saturated rings. The predicted molar refractivity (Wildman–Crippen MR) is 87.2 cm³/mol. The van der Waals surface area contributed by atoms with E-state index in [-0.39, 0.29) is 17.6 Å². The molecule has 0 aliphatic heterocycles. The Kier molecular flexibility index (Phi) is 4.10. The van der Waals surface area contributed by atoms with Crippen LogP contribution in [0.4, 0.5) is 5.69 Å². The molecule has 118 valence electrons. The SMILES string of the molecule is Cc1ccc(C(NC(=O)c2ccc([N+](=O)[O-])cc2)C2CC2)cc1. The van der Waals surface area contributed by atoms with Gasteiger partial charge in [0.05, 0.1) is 11.0 Å². The summed E-state index contributed by atoms with van der Waals surface area (Å²) >= 11 is 0. The molecular weight excluding hydrogens is 292 g/mol. The zero-order valence-electron chi connectivity index (χ0n) is 12.9. The maximum Gasteiger partial charge on any atom is 0.269 e. The van der Waals surface area contributed by atoms with Crippen LogP contribution in [0.2, 0.25) is 0 Å². The van der Waals surface area contributed by atoms with E-state index in [2.05, 4.69) is 17.4 Å². The number of nitrogens with zero attached hydrogens (tertiary/aromatic N) is 1. The van der Waals surface area contributed by atoms with Crippen LogP contribution in [0.3, 0.4) is 0 Å². The zero-order valence-corrected chi connectivity index (χ0v) is 12.9. The van der Waals surface area contributed by atoms with Gasteiger partial charge in [-0.2, -0.15) is 0 Å². The summed E-state index contributed by atoms with van der Waals surface area (Å²) < 4.78 is 0. The van der Waals surface area contributed by atoms with Crippen molar-refractivity contribution in [3.63, 3.8) is 0 Å². The van der Waals surface area contributed by atoms with E-state index in [1.165, 1.54) is 29.8 Å². The minimum absolute atomic E-state index is 0.00158. The van der Waals surface area contributed by atoms with Gasteiger partial charge >= 0.3 is 0 Å². The van der Waals surface area contributed by atoms with E-state index < -0.39 is 4.92 Å². The first-order chi connectivity index (χ1) is 11.0. The molecule has 1 N–H and O–H groups in total. The van der Waals surface area contributed by atoms with Gasteiger partial charge in [-0.1, -0.05) is 29.8 Å². The van der Waals surface area contributed by atoms with Crippen LogP contribution < -0.4 is 5.32 Å². The summed E-state index contributed by atoms with van der Waals surface area (Å²) in [5.74, 6) is 0.275. The third kappa shape index (κ3) is 3.56. The van der Waals surface area contributed by atoms with E-state index in [1.54, 1.807) is 0 Å². The summed E-state index contributed by atoms with van der Waals surface area (Å²) in [7, 11) is 0. The smallest absolute Gasteiger partial charge is 0.269 e. The number of hydrogen-bond acceptors (Lipinski definition) is 3. The van der Waals surface area contributed by atoms with Crippen LogP contribution in [0.15, 0.2) is 48.5 Å². The third-order valence-electron chi connectivity index (χ3n) is 4.16. The molecule has 5 nitrogen and oxygen atoms in total. The van der Waals surface area contributed by atoms with Crippen molar-refractivity contribution < 1.29 is 9.72 Å². The number of carbonyl (C=O) groups is 1. The summed E-state index contributed by atoms with van der Waals surface area (Å²) in [6.07, 6.45) is 2.22. The Morgan fingerprint density at radius 3 is 2.26 bits per heavy atom. The average molecular weight is 310 g/mol. The number of rotatable bonds is 5. The van der Waals surface area contributed by atoms with Crippen LogP contribution in [0.25, 0.3) is 0 Å². The molecule has 3 rings (SSSR count). The second-order valence-corrected chi connectivity index (χ2v) is 6.00. The van der Waals surface area contributed by atoms with Gasteiger partial charge in [0.15, 0.2) is 0 Å². The Balaban J connectivity index is 1.76. The van der Waals surface area contributed by atoms with E-state index >= 15 is 0 Å². The van der Waals surface area contributed by atoms with Gasteiger partial charge in [0.1, 0.15) is 0 Å². The molecule has 1 unspecified atom stereocenters. The van der Waals surface area contributed by atoms with Crippen molar-refractivity contribution in [1.29, 1.82) is 0 Å². The van der Waals surface area contributed by atoms with Crippen molar-refractivity contribution in [2.24, 2.45) is 5.92 Å². The van der Waals surface area contributed by atoms with Crippen LogP contribution in [0.1, 0.15) is 40.4 Å². The molecule has 1 atom stereocenters. The highest BCUT2D eigenvalue weighted by Gasteiger charge is 2.33. The lowest BCUT2D eigenvalue weighted by Crippen LogP contribution is -2.29. The lowest BCUT2D eigenvalue weighted by atomic mass is 10.0. The number of benzene rings is 2. The largest absolute Gasteiger partial charge is 0.345 e. The molecule has 0 aromatic heterocycles. The Morgan fingerprint density at radius 1 is 1.13 bits per heavy atom. The van der Waals surface area contributed by atoms with Gasteiger partial charge < -0.3 is 5.32 Å². The molecule has 1 aliphatic carbocycles. The quantitative estimate of drug-likeness (QED) is 0.674. The second-order valence-electron chi connectivity index (χ2n) is 6.00. The first kappa shape index (κ1) is 15.2. The maximum atomic E-state index is 12.4. The number of aryl methyl sites for hydroxylation is 1. The van der Waals surface area contributed by atoms with Crippen LogP contribution in [-0.4, -0.2) is 10.8 Å². The van der Waals surface area contributed by atoms with E-state index in [9.17, 15) is 14.9 Å². The molecular formula is C18H18N2O3. The molecule has 0 radical (unpaired) electrons. The van der Waals surface area contributed by atoms with Gasteiger partial charge in [0, 0.05) is 17.7 Å². The fourth-order valence-electron chi connectivity index (χ4n) is 2.64. The van der Waals surface area contributed by atoms with Crippen molar-refractivity contribution in [2.45, 2.75) is 25.8 Å². The first-order valence-electron chi connectivity index (χ1n) is 7.66. The second kappa shape index (κ2) is 6.20. The van der Waals surface area contributed by atoms with Crippen molar-refractivity contribution in [1.82, 2.24) is 5.32 Å². The molecule has 23 heavy (non-hydrogen) atoms. The minimum atomic E-state index is -0.471. The molecule has 0 saturated heterocycles. The third-order valence-corrected chi connectivity index (χ3v) is 4.16. The highest BCUT2D eigenvalue weighted by molar-refractivity contribution is 5.94. The summed E-state index contributed by atoms with van der Waals surface area (Å²) in [5, 5.41) is 13.7. The normalized spacial score (nSPS) is 15.0. The molecule has 5 heteroatoms. The van der Waals surface area contributed by atoms with Crippen molar-refractivity contribution in [3.05, 3.63) is 75.3 Å². The number of carbonyl (C=O) groups excluding carboxylic acids is 1. The van der Waals surface area contributed by atoms with Crippen LogP contribution in [0, 0.1) is 23.0 Å². The van der Waals surface area contributed by atoms with Crippen molar-refractivity contribution >= 4 is 11.6 Å². The number of nitrogens with one attached hydrogen (secondary N) is 1. The summed E-state index contributed by atoms with van der Waals surface area (Å²) in [4.78, 5) is 22.6. The molecule has 0 heterocycles. The van der Waals surface area contributed by atoms with Crippen molar-refractivity contribution in [2.75, 3.05) is 0 Å². The number of hydrogen-bond donors (Lipinski definition) is 1. The molecule has 1 aliphatic rings. The standard InChI is InChI=1S/C18H18N2O3/c1-12-2-4-13(5-3-12)17(14-6-7-14)19-18(21)15-8-10-16(11-9-15)20(22)23/h2-5,8-11,14,17H,6-7H2,1H3,(H,19,21). The van der Waals surface area contributed by atoms with Crippen LogP contribution in [0.5, 0.6) is 0 Å². The van der Waals surface area contributed by atoms with E-state index in [4.69, 9.17) is 0 Å². The van der Waals surface area contributed by atoms with Crippen LogP contribution >= 0.6 is 0 Å². The van der Waals surface area contributed by atoms with E-state index in [1.807, 2.05) is 19.1 Å². The van der Waals surface area contributed by atoms with E-state index in [0.717, 1.165) is 18.4 Å². The van der Waals surface area contributed by atoms with Gasteiger partial charge in [0.2, 0.25) is 0 Å². The van der Waals surface area contributed by atoms with Gasteiger partial charge in [0.25, 0.3) is 11.6 Å². The lowest BCUT2D eigenvalue weighted by Gasteiger charge is -2.19. The van der Waals surface area contributed by atoms with Crippen molar-refractivity contribution in [3.8, 4) is 0 Å². The molecule has 0 bridgehead atoms. The molecule has 0 spiro atoms. The Hall–Kier alpha value is -2.69. The predicted octanol–water partition coefficient (Wildman–Crippen LogP) is 3.78. The Morgan fingerprint density at radius 2 is 1.74 bits per heavy atom. The number of non-ortho nitro benzene ring substituents is 1. The zero-order chi connectivity index (χ0) is 16.4. The number of amides is 1. The highest BCUT2D eigenvalue weighted by atomic mass is 16.6. The fourth-order valence-corrected chi connectivity index (χ4v) is 2.64. The topological polar surface area (TPSA) is 72.2 Å². The maximum absolute atomic E-state index is 12.4. The molecule has 1 saturated carbocycles. The highest BCUT2D eigenvalue weighted by Crippen LogP contribution is 2.41. The van der Waals surface area contributed by atoms with Crippen LogP contribution in [-0.2, 0) is 0 Å². The van der Waals surface area contributed by atoms with E-state index in [0.29, 0.717) is 11.5 Å². The van der Waals surface area contributed by atoms with Gasteiger partial charge in [-0.25, -0.2) is 0 Å². The molecule has 1 amide bonds. The number of nitro benzene ring substituents is 1. The monoisotopic (exact) mass is 310 g/mol. The van der Waals surface area contributed by atoms with Gasteiger partial charge in [-0.3, -0.25) is 14.9 Å². The molecule has 2 aromatic carbocycles. The average Bonchev–Trinajstić information content (AvgIpc) is 3.38. The Labute approximate surface area is 134 Å².